The summed E-state index contributed by atoms with van der Waals surface area (Å²) in [6.45, 7) is 10.7. The molecular weight excluding hydrogens is 294 g/mol. The third-order valence-electron chi connectivity index (χ3n) is 4.64. The average Bonchev–Trinajstić information content (AvgIpc) is 2.79. The molecule has 2 aromatic carbocycles. The first-order valence-corrected chi connectivity index (χ1v) is 8.29. The lowest BCUT2D eigenvalue weighted by molar-refractivity contribution is 0.0898. The van der Waals surface area contributed by atoms with E-state index in [2.05, 4.69) is 30.2 Å². The largest absolute Gasteiger partial charge is 0.353 e. The van der Waals surface area contributed by atoms with Crippen LogP contribution < -0.4 is 4.90 Å². The molecule has 0 saturated carbocycles. The molecule has 1 heterocycles. The third kappa shape index (κ3) is 2.69. The maximum absolute atomic E-state index is 13.3. The molecule has 2 aromatic rings. The summed E-state index contributed by atoms with van der Waals surface area (Å²) in [4.78, 5) is 15.6. The van der Waals surface area contributed by atoms with Crippen LogP contribution in [0.5, 0.6) is 0 Å². The highest BCUT2D eigenvalue weighted by Crippen LogP contribution is 2.44. The molecule has 0 aromatic heterocycles. The summed E-state index contributed by atoms with van der Waals surface area (Å²) in [7, 11) is 0. The molecule has 122 valence electrons. The van der Waals surface area contributed by atoms with Crippen LogP contribution in [0.2, 0.25) is 0 Å². The van der Waals surface area contributed by atoms with Gasteiger partial charge in [-0.15, -0.1) is 13.2 Å². The van der Waals surface area contributed by atoms with Gasteiger partial charge in [-0.1, -0.05) is 54.1 Å². The van der Waals surface area contributed by atoms with Crippen LogP contribution in [0.3, 0.4) is 0 Å². The van der Waals surface area contributed by atoms with E-state index in [0.717, 1.165) is 16.8 Å². The molecule has 2 heteroatoms. The van der Waals surface area contributed by atoms with E-state index in [1.165, 1.54) is 5.56 Å². The van der Waals surface area contributed by atoms with Gasteiger partial charge in [-0.25, -0.2) is 0 Å². The molecule has 0 radical (unpaired) electrons. The first kappa shape index (κ1) is 16.3. The Bertz CT molecular complexity index is 778. The lowest BCUT2D eigenvalue weighted by Crippen LogP contribution is -2.50. The van der Waals surface area contributed by atoms with Gasteiger partial charge in [-0.2, -0.15) is 0 Å². The number of carbonyl (C=O) groups is 1. The Hall–Kier alpha value is -2.61. The molecule has 3 rings (SSSR count). The van der Waals surface area contributed by atoms with Gasteiger partial charge >= 0.3 is 0 Å². The first-order chi connectivity index (χ1) is 11.6. The summed E-state index contributed by atoms with van der Waals surface area (Å²) in [6.07, 6.45) is 3.10. The summed E-state index contributed by atoms with van der Waals surface area (Å²) in [5, 5.41) is 0. The topological polar surface area (TPSA) is 20.3 Å². The predicted octanol–water partition coefficient (Wildman–Crippen LogP) is 5.17. The number of hydrogen-bond acceptors (Lipinski definition) is 2. The van der Waals surface area contributed by atoms with Crippen molar-refractivity contribution in [3.05, 3.63) is 90.5 Å². The summed E-state index contributed by atoms with van der Waals surface area (Å²) >= 11 is 0. The third-order valence-corrected chi connectivity index (χ3v) is 4.64. The van der Waals surface area contributed by atoms with Crippen molar-refractivity contribution in [1.29, 1.82) is 0 Å². The lowest BCUT2D eigenvalue weighted by Gasteiger charge is -2.39. The number of benzene rings is 2. The molecular formula is C22H23NO. The van der Waals surface area contributed by atoms with Crippen LogP contribution in [0.25, 0.3) is 0 Å². The van der Waals surface area contributed by atoms with E-state index >= 15 is 0 Å². The van der Waals surface area contributed by atoms with E-state index < -0.39 is 5.54 Å². The van der Waals surface area contributed by atoms with Crippen LogP contribution in [0.4, 0.5) is 5.69 Å². The maximum atomic E-state index is 13.3. The number of ketones is 1. The van der Waals surface area contributed by atoms with E-state index in [1.54, 1.807) is 0 Å². The van der Waals surface area contributed by atoms with Gasteiger partial charge in [0.1, 0.15) is 5.54 Å². The molecule has 1 atom stereocenters. The minimum atomic E-state index is -0.618. The van der Waals surface area contributed by atoms with E-state index in [9.17, 15) is 4.79 Å². The van der Waals surface area contributed by atoms with Crippen molar-refractivity contribution in [3.63, 3.8) is 0 Å². The highest BCUT2D eigenvalue weighted by atomic mass is 16.1. The first-order valence-electron chi connectivity index (χ1n) is 8.29. The number of anilines is 1. The number of nitrogens with zero attached hydrogens (tertiary/aromatic N) is 1. The zero-order valence-electron chi connectivity index (χ0n) is 14.2. The smallest absolute Gasteiger partial charge is 0.191 e. The molecule has 24 heavy (non-hydrogen) atoms. The fourth-order valence-electron chi connectivity index (χ4n) is 3.70. The van der Waals surface area contributed by atoms with Crippen LogP contribution in [0.15, 0.2) is 79.4 Å². The molecule has 0 N–H and O–H groups in total. The maximum Gasteiger partial charge on any atom is 0.191 e. The van der Waals surface area contributed by atoms with E-state index in [-0.39, 0.29) is 5.78 Å². The fourth-order valence-corrected chi connectivity index (χ4v) is 3.70. The van der Waals surface area contributed by atoms with Gasteiger partial charge in [0.2, 0.25) is 0 Å². The quantitative estimate of drug-likeness (QED) is 0.685. The summed E-state index contributed by atoms with van der Waals surface area (Å²) in [6, 6.07) is 18.2. The summed E-state index contributed by atoms with van der Waals surface area (Å²) < 4.78 is 0. The van der Waals surface area contributed by atoms with Crippen LogP contribution in [-0.2, 0) is 6.54 Å². The summed E-state index contributed by atoms with van der Waals surface area (Å²) in [5.74, 6) is 0.178. The van der Waals surface area contributed by atoms with Gasteiger partial charge in [-0.05, 0) is 37.5 Å². The number of rotatable bonds is 6. The Morgan fingerprint density at radius 2 is 1.79 bits per heavy atom. The van der Waals surface area contributed by atoms with Crippen molar-refractivity contribution in [2.24, 2.45) is 0 Å². The minimum absolute atomic E-state index is 0.178. The molecule has 0 fully saturated rings. The van der Waals surface area contributed by atoms with Gasteiger partial charge in [0.15, 0.2) is 5.78 Å². The van der Waals surface area contributed by atoms with Gasteiger partial charge < -0.3 is 4.90 Å². The second-order valence-corrected chi connectivity index (χ2v) is 6.58. The average molecular weight is 317 g/mol. The van der Waals surface area contributed by atoms with E-state index in [1.807, 2.05) is 55.5 Å². The second-order valence-electron chi connectivity index (χ2n) is 6.58. The van der Waals surface area contributed by atoms with E-state index in [0.29, 0.717) is 19.4 Å². The van der Waals surface area contributed by atoms with Crippen molar-refractivity contribution in [3.8, 4) is 0 Å². The molecule has 2 nitrogen and oxygen atoms in total. The van der Waals surface area contributed by atoms with Crippen molar-refractivity contribution in [2.75, 3.05) is 4.90 Å². The molecule has 0 unspecified atom stereocenters. The molecule has 0 bridgehead atoms. The van der Waals surface area contributed by atoms with Crippen molar-refractivity contribution in [2.45, 2.75) is 31.8 Å². The molecule has 0 aliphatic carbocycles. The minimum Gasteiger partial charge on any atom is -0.353 e. The molecule has 1 aliphatic rings. The second kappa shape index (κ2) is 6.48. The number of para-hydroxylation sites is 1. The van der Waals surface area contributed by atoms with Crippen LogP contribution in [0.1, 0.15) is 35.7 Å². The van der Waals surface area contributed by atoms with Crippen LogP contribution in [-0.4, -0.2) is 11.3 Å². The standard InChI is InChI=1S/C22H23NO/c1-4-14-22(15-17(2)3)21(24)19-12-8-9-13-20(19)23(22)16-18-10-6-5-7-11-18/h4-13H,1-2,14-16H2,3H3/t22-/m1/s1. The van der Waals surface area contributed by atoms with Crippen molar-refractivity contribution < 1.29 is 4.79 Å². The highest BCUT2D eigenvalue weighted by Gasteiger charge is 2.49. The zero-order valence-corrected chi connectivity index (χ0v) is 14.2. The van der Waals surface area contributed by atoms with Gasteiger partial charge in [-0.3, -0.25) is 4.79 Å². The molecule has 0 saturated heterocycles. The lowest BCUT2D eigenvalue weighted by atomic mass is 9.83. The van der Waals surface area contributed by atoms with Crippen molar-refractivity contribution in [1.82, 2.24) is 0 Å². The zero-order chi connectivity index (χ0) is 17.2. The van der Waals surface area contributed by atoms with Gasteiger partial charge in [0.05, 0.1) is 0 Å². The molecule has 0 spiro atoms. The fraction of sp³-hybridized carbons (Fsp3) is 0.227. The van der Waals surface area contributed by atoms with E-state index in [4.69, 9.17) is 0 Å². The Kier molecular flexibility index (Phi) is 4.39. The van der Waals surface area contributed by atoms with Crippen LogP contribution in [0, 0.1) is 0 Å². The van der Waals surface area contributed by atoms with Crippen LogP contribution >= 0.6 is 0 Å². The predicted molar refractivity (Wildman–Crippen MR) is 100 cm³/mol. The normalized spacial score (nSPS) is 19.2. The van der Waals surface area contributed by atoms with Crippen molar-refractivity contribution >= 4 is 11.5 Å². The molecule has 0 amide bonds. The Morgan fingerprint density at radius 3 is 2.46 bits per heavy atom. The highest BCUT2D eigenvalue weighted by molar-refractivity contribution is 6.14. The number of fused-ring (bicyclic) bond motifs is 1. The Labute approximate surface area is 144 Å². The molecule has 1 aliphatic heterocycles. The number of Topliss-reactive ketones (excluding diaryl/α,β-unsaturated/α-hetero) is 1. The van der Waals surface area contributed by atoms with Gasteiger partial charge in [0.25, 0.3) is 0 Å². The number of carbonyl (C=O) groups excluding carboxylic acids is 1. The van der Waals surface area contributed by atoms with Gasteiger partial charge in [0, 0.05) is 17.8 Å². The Balaban J connectivity index is 2.12. The number of hydrogen-bond donors (Lipinski definition) is 0. The monoisotopic (exact) mass is 317 g/mol. The SMILES string of the molecule is C=CC[C@@]1(CC(=C)C)C(=O)c2ccccc2N1Cc1ccccc1. The Morgan fingerprint density at radius 1 is 1.12 bits per heavy atom. The summed E-state index contributed by atoms with van der Waals surface area (Å²) in [5.41, 5.74) is 3.40.